The van der Waals surface area contributed by atoms with Crippen LogP contribution in [0, 0.1) is 0 Å². The van der Waals surface area contributed by atoms with Crippen molar-refractivity contribution in [3.63, 3.8) is 0 Å². The third-order valence-electron chi connectivity index (χ3n) is 12.5. The maximum Gasteiger partial charge on any atom is 0.124 e. The fourth-order valence-corrected chi connectivity index (χ4v) is 10.0. The summed E-state index contributed by atoms with van der Waals surface area (Å²) in [4.78, 5) is 30.3. The predicted octanol–water partition coefficient (Wildman–Crippen LogP) is 15.6. The number of rotatable bonds is 7. The van der Waals surface area contributed by atoms with E-state index in [2.05, 4.69) is 140 Å². The topological polar surface area (TPSA) is 77.3 Å². The number of nitrogens with zero attached hydrogens (tertiary/aromatic N) is 6. The second-order valence-corrected chi connectivity index (χ2v) is 17.9. The van der Waals surface area contributed by atoms with E-state index in [9.17, 15) is 0 Å². The van der Waals surface area contributed by atoms with Gasteiger partial charge in [-0.25, -0.2) is 9.97 Å². The highest BCUT2D eigenvalue weighted by Gasteiger charge is 2.18. The van der Waals surface area contributed by atoms with E-state index in [-0.39, 0.29) is 0 Å². The molecule has 0 atom stereocenters. The molecule has 0 fully saturated rings. The van der Waals surface area contributed by atoms with E-state index < -0.39 is 0 Å². The predicted molar refractivity (Wildman–Crippen MR) is 277 cm³/mol. The van der Waals surface area contributed by atoms with E-state index in [1.165, 1.54) is 0 Å². The van der Waals surface area contributed by atoms with E-state index in [0.29, 0.717) is 0 Å². The van der Waals surface area contributed by atoms with Crippen LogP contribution in [-0.2, 0) is 0 Å². The molecule has 7 heteroatoms. The fraction of sp³-hybridized carbons (Fsp3) is 0. The van der Waals surface area contributed by atoms with Gasteiger partial charge in [0.15, 0.2) is 0 Å². The quantitative estimate of drug-likeness (QED) is 0.159. The molecule has 67 heavy (non-hydrogen) atoms. The summed E-state index contributed by atoms with van der Waals surface area (Å²) in [6.07, 6.45) is 7.88. The van der Waals surface area contributed by atoms with Gasteiger partial charge in [0.05, 0.1) is 43.7 Å². The van der Waals surface area contributed by atoms with Crippen LogP contribution in [0.2, 0.25) is 0 Å². The third-order valence-corrected chi connectivity index (χ3v) is 13.6. The lowest BCUT2D eigenvalue weighted by Crippen LogP contribution is -1.94. The smallest absolute Gasteiger partial charge is 0.124 e. The van der Waals surface area contributed by atoms with Gasteiger partial charge in [-0.1, -0.05) is 84.9 Å². The first-order chi connectivity index (χ1) is 33.1. The molecule has 6 aromatic heterocycles. The molecule has 0 aliphatic heterocycles. The molecule has 0 saturated carbocycles. The molecule has 6 nitrogen and oxygen atoms in total. The van der Waals surface area contributed by atoms with Gasteiger partial charge in [0.25, 0.3) is 0 Å². The molecule has 0 spiro atoms. The summed E-state index contributed by atoms with van der Waals surface area (Å²) in [5.41, 5.74) is 17.5. The Bertz CT molecular complexity index is 3630. The van der Waals surface area contributed by atoms with Crippen molar-refractivity contribution in [3.8, 4) is 77.6 Å². The molecule has 0 bridgehead atoms. The minimum Gasteiger partial charge on any atom is -0.256 e. The summed E-state index contributed by atoms with van der Waals surface area (Å²) in [5, 5.41) is 5.25. The van der Waals surface area contributed by atoms with Crippen LogP contribution < -0.4 is 0 Å². The summed E-state index contributed by atoms with van der Waals surface area (Å²) in [7, 11) is 0. The zero-order valence-electron chi connectivity index (χ0n) is 35.9. The van der Waals surface area contributed by atoms with Gasteiger partial charge in [-0.05, 0) is 131 Å². The van der Waals surface area contributed by atoms with Crippen LogP contribution in [0.5, 0.6) is 0 Å². The van der Waals surface area contributed by atoms with E-state index in [4.69, 9.17) is 29.9 Å². The number of hydrogen-bond donors (Lipinski definition) is 0. The molecule has 7 aromatic carbocycles. The van der Waals surface area contributed by atoms with Gasteiger partial charge in [-0.15, -0.1) is 11.3 Å². The molecule has 312 valence electrons. The lowest BCUT2D eigenvalue weighted by molar-refractivity contribution is 1.31. The van der Waals surface area contributed by atoms with E-state index in [0.717, 1.165) is 131 Å². The molecule has 0 N–H and O–H groups in total. The number of hydrogen-bond acceptors (Lipinski definition) is 7. The van der Waals surface area contributed by atoms with E-state index in [1.807, 2.05) is 79.4 Å². The molecule has 0 amide bonds. The lowest BCUT2D eigenvalue weighted by atomic mass is 9.93. The van der Waals surface area contributed by atoms with Gasteiger partial charge < -0.3 is 0 Å². The maximum absolute atomic E-state index is 5.61. The molecule has 0 radical (unpaired) electrons. The minimum absolute atomic E-state index is 0.823. The van der Waals surface area contributed by atoms with Crippen molar-refractivity contribution in [2.75, 3.05) is 0 Å². The monoisotopic (exact) mass is 872 g/mol. The Morgan fingerprint density at radius 3 is 0.955 bits per heavy atom. The largest absolute Gasteiger partial charge is 0.256 e. The average molecular weight is 873 g/mol. The van der Waals surface area contributed by atoms with Crippen LogP contribution in [0.1, 0.15) is 0 Å². The summed E-state index contributed by atoms with van der Waals surface area (Å²) in [6.45, 7) is 0. The Hall–Kier alpha value is -8.78. The van der Waals surface area contributed by atoms with E-state index >= 15 is 0 Å². The first-order valence-electron chi connectivity index (χ1n) is 22.2. The van der Waals surface area contributed by atoms with Gasteiger partial charge in [-0.3, -0.25) is 19.9 Å². The van der Waals surface area contributed by atoms with Crippen LogP contribution in [-0.4, -0.2) is 29.9 Å². The van der Waals surface area contributed by atoms with E-state index in [1.54, 1.807) is 11.3 Å². The van der Waals surface area contributed by atoms with Crippen molar-refractivity contribution >= 4 is 65.2 Å². The number of thiazole rings is 1. The number of fused-ring (bicyclic) bond motifs is 5. The second-order valence-electron chi connectivity index (χ2n) is 16.9. The van der Waals surface area contributed by atoms with Crippen molar-refractivity contribution in [2.24, 2.45) is 0 Å². The highest BCUT2D eigenvalue weighted by Crippen LogP contribution is 2.40. The molecular formula is C60H36N6S. The van der Waals surface area contributed by atoms with Crippen LogP contribution in [0.25, 0.3) is 131 Å². The van der Waals surface area contributed by atoms with Crippen molar-refractivity contribution in [1.82, 2.24) is 29.9 Å². The van der Waals surface area contributed by atoms with Gasteiger partial charge in [0.1, 0.15) is 5.01 Å². The number of pyridine rings is 5. The van der Waals surface area contributed by atoms with Crippen molar-refractivity contribution < 1.29 is 0 Å². The highest BCUT2D eigenvalue weighted by molar-refractivity contribution is 7.21. The molecular weight excluding hydrogens is 837 g/mol. The fourth-order valence-electron chi connectivity index (χ4n) is 9.08. The zero-order chi connectivity index (χ0) is 44.3. The molecule has 6 heterocycles. The SMILES string of the molecule is c1ccc2ncc(-c3cc(-c4cnc5ccccc5c4)cc(-c4cc(-c5nc6ccccc6s5)cc(-c5cc(-c6cnc7ccccc7c6)cc(-c6cnc7ccccc7c6)c5)n4)c3)cc2c1. The molecule has 0 unspecified atom stereocenters. The summed E-state index contributed by atoms with van der Waals surface area (Å²) in [6, 6.07) is 68.0. The normalized spacial score (nSPS) is 11.6. The van der Waals surface area contributed by atoms with Crippen molar-refractivity contribution in [1.29, 1.82) is 0 Å². The first kappa shape index (κ1) is 38.7. The summed E-state index contributed by atoms with van der Waals surface area (Å²) >= 11 is 1.69. The van der Waals surface area contributed by atoms with Gasteiger partial charge >= 0.3 is 0 Å². The first-order valence-corrected chi connectivity index (χ1v) is 23.0. The summed E-state index contributed by atoms with van der Waals surface area (Å²) in [5.74, 6) is 0. The molecule has 13 aromatic rings. The van der Waals surface area contributed by atoms with Crippen molar-refractivity contribution in [3.05, 3.63) is 219 Å². The second kappa shape index (κ2) is 16.0. The molecule has 0 saturated heterocycles. The van der Waals surface area contributed by atoms with Crippen LogP contribution in [0.4, 0.5) is 0 Å². The maximum atomic E-state index is 5.61. The van der Waals surface area contributed by atoms with Crippen molar-refractivity contribution in [2.45, 2.75) is 0 Å². The molecule has 0 aliphatic rings. The molecule has 13 rings (SSSR count). The minimum atomic E-state index is 0.823. The van der Waals surface area contributed by atoms with Crippen LogP contribution in [0.3, 0.4) is 0 Å². The Morgan fingerprint density at radius 1 is 0.254 bits per heavy atom. The molecule has 0 aliphatic carbocycles. The standard InChI is InChI=1S/C60H36N6S/c1-5-15-52-37(11-1)21-48(33-61-52)41-25-42(49-22-38-12-2-6-16-53(38)62-34-49)28-45(27-41)57-31-47(60-66-56-19-9-10-20-59(56)67-60)32-58(65-57)46-29-43(50-23-39-13-3-7-17-54(39)63-35-50)26-44(30-46)51-24-40-14-4-8-18-55(40)64-36-51/h1-36H. The van der Waals surface area contributed by atoms with Gasteiger partial charge in [-0.2, -0.15) is 0 Å². The van der Waals surface area contributed by atoms with Gasteiger partial charge in [0, 0.05) is 85.3 Å². The Labute approximate surface area is 389 Å². The third kappa shape index (κ3) is 7.34. The number of benzene rings is 7. The zero-order valence-corrected chi connectivity index (χ0v) is 36.7. The number of aromatic nitrogens is 6. The van der Waals surface area contributed by atoms with Crippen LogP contribution in [0.15, 0.2) is 219 Å². The van der Waals surface area contributed by atoms with Gasteiger partial charge in [0.2, 0.25) is 0 Å². The average Bonchev–Trinajstić information content (AvgIpc) is 3.85. The Balaban J connectivity index is 1.05. The number of para-hydroxylation sites is 5. The Morgan fingerprint density at radius 2 is 0.582 bits per heavy atom. The highest BCUT2D eigenvalue weighted by atomic mass is 32.1. The Kier molecular flexibility index (Phi) is 9.25. The van der Waals surface area contributed by atoms with Crippen LogP contribution >= 0.6 is 11.3 Å². The lowest BCUT2D eigenvalue weighted by Gasteiger charge is -2.15. The summed E-state index contributed by atoms with van der Waals surface area (Å²) < 4.78 is 1.13.